The van der Waals surface area contributed by atoms with E-state index in [4.69, 9.17) is 4.74 Å². The van der Waals surface area contributed by atoms with Gasteiger partial charge in [-0.25, -0.2) is 0 Å². The number of carbonyl (C=O) groups excluding carboxylic acids is 1. The summed E-state index contributed by atoms with van der Waals surface area (Å²) < 4.78 is 6.12. The molecule has 3 heterocycles. The number of amides is 1. The van der Waals surface area contributed by atoms with E-state index in [1.807, 2.05) is 44.2 Å². The molecule has 2 bridgehead atoms. The molecule has 0 unspecified atom stereocenters. The number of benzene rings is 1. The minimum atomic E-state index is -0.977. The Labute approximate surface area is 146 Å². The van der Waals surface area contributed by atoms with Gasteiger partial charge in [0.15, 0.2) is 0 Å². The number of nitrogens with zero attached hydrogens (tertiary/aromatic N) is 1. The lowest BCUT2D eigenvalue weighted by Crippen LogP contribution is -2.45. The summed E-state index contributed by atoms with van der Waals surface area (Å²) in [7, 11) is 0. The summed E-state index contributed by atoms with van der Waals surface area (Å²) in [5.74, 6) is -2.67. The maximum atomic E-state index is 13.3. The molecule has 1 spiro atoms. The summed E-state index contributed by atoms with van der Waals surface area (Å²) >= 11 is 0. The minimum absolute atomic E-state index is 0.172. The van der Waals surface area contributed by atoms with Gasteiger partial charge >= 0.3 is 5.97 Å². The van der Waals surface area contributed by atoms with Gasteiger partial charge in [0.1, 0.15) is 11.5 Å². The van der Waals surface area contributed by atoms with Crippen LogP contribution in [0.1, 0.15) is 18.9 Å². The summed E-state index contributed by atoms with van der Waals surface area (Å²) in [5, 5.41) is 9.66. The normalized spacial score (nSPS) is 35.3. The van der Waals surface area contributed by atoms with Crippen molar-refractivity contribution in [2.45, 2.75) is 38.0 Å². The van der Waals surface area contributed by atoms with Gasteiger partial charge in [-0.2, -0.15) is 0 Å². The summed E-state index contributed by atoms with van der Waals surface area (Å²) in [6.07, 6.45) is 3.74. The number of aliphatic carboxylic acids is 1. The maximum absolute atomic E-state index is 13.3. The Morgan fingerprint density at radius 3 is 2.64 bits per heavy atom. The molecule has 0 aliphatic carbocycles. The molecule has 0 aromatic heterocycles. The number of carbonyl (C=O) groups is 2. The van der Waals surface area contributed by atoms with Gasteiger partial charge in [0, 0.05) is 5.69 Å². The van der Waals surface area contributed by atoms with Gasteiger partial charge in [0.2, 0.25) is 5.91 Å². The Hall–Kier alpha value is -2.40. The third-order valence-electron chi connectivity index (χ3n) is 5.56. The van der Waals surface area contributed by atoms with Crippen LogP contribution in [0.4, 0.5) is 5.69 Å². The zero-order valence-corrected chi connectivity index (χ0v) is 14.3. The first-order valence-electron chi connectivity index (χ1n) is 8.49. The van der Waals surface area contributed by atoms with Gasteiger partial charge in [-0.15, -0.1) is 6.58 Å². The topological polar surface area (TPSA) is 66.8 Å². The molecule has 0 radical (unpaired) electrons. The van der Waals surface area contributed by atoms with Crippen LogP contribution in [0.15, 0.2) is 48.6 Å². The van der Waals surface area contributed by atoms with E-state index < -0.39 is 29.5 Å². The Balaban J connectivity index is 1.84. The van der Waals surface area contributed by atoms with Gasteiger partial charge in [0.05, 0.1) is 18.1 Å². The fourth-order valence-electron chi connectivity index (χ4n) is 4.53. The fourth-order valence-corrected chi connectivity index (χ4v) is 4.53. The summed E-state index contributed by atoms with van der Waals surface area (Å²) in [6.45, 7) is 7.91. The highest BCUT2D eigenvalue weighted by Gasteiger charge is 2.71. The highest BCUT2D eigenvalue weighted by atomic mass is 16.5. The van der Waals surface area contributed by atoms with Crippen molar-refractivity contribution in [2.75, 3.05) is 4.90 Å². The second-order valence-corrected chi connectivity index (χ2v) is 7.36. The predicted molar refractivity (Wildman–Crippen MR) is 93.2 cm³/mol. The van der Waals surface area contributed by atoms with Crippen LogP contribution < -0.4 is 4.90 Å². The lowest BCUT2D eigenvalue weighted by atomic mass is 9.74. The first-order valence-corrected chi connectivity index (χ1v) is 8.49. The first-order chi connectivity index (χ1) is 11.8. The number of carboxylic acid groups (broad SMARTS) is 1. The van der Waals surface area contributed by atoms with Crippen molar-refractivity contribution >= 4 is 17.6 Å². The zero-order valence-electron chi connectivity index (χ0n) is 14.3. The van der Waals surface area contributed by atoms with Crippen LogP contribution in [-0.2, 0) is 14.3 Å². The third kappa shape index (κ3) is 2.12. The molecule has 3 aliphatic rings. The fraction of sp³-hybridized carbons (Fsp3) is 0.400. The number of hydrogen-bond acceptors (Lipinski definition) is 3. The average Bonchev–Trinajstić information content (AvgIpc) is 3.18. The van der Waals surface area contributed by atoms with Crippen LogP contribution >= 0.6 is 0 Å². The van der Waals surface area contributed by atoms with E-state index in [0.29, 0.717) is 6.42 Å². The monoisotopic (exact) mass is 339 g/mol. The molecule has 2 fully saturated rings. The third-order valence-corrected chi connectivity index (χ3v) is 5.56. The Morgan fingerprint density at radius 2 is 2.04 bits per heavy atom. The van der Waals surface area contributed by atoms with Crippen molar-refractivity contribution in [3.8, 4) is 0 Å². The molecule has 1 amide bonds. The van der Waals surface area contributed by atoms with E-state index in [2.05, 4.69) is 6.58 Å². The predicted octanol–water partition coefficient (Wildman–Crippen LogP) is 2.70. The van der Waals surface area contributed by atoms with Crippen molar-refractivity contribution < 1.29 is 19.4 Å². The van der Waals surface area contributed by atoms with E-state index in [0.717, 1.165) is 16.8 Å². The molecule has 1 aromatic carbocycles. The van der Waals surface area contributed by atoms with E-state index >= 15 is 0 Å². The molecule has 4 rings (SSSR count). The molecule has 3 aliphatic heterocycles. The van der Waals surface area contributed by atoms with Crippen LogP contribution in [0.3, 0.4) is 0 Å². The highest BCUT2D eigenvalue weighted by Crippen LogP contribution is 2.56. The second-order valence-electron chi connectivity index (χ2n) is 7.36. The van der Waals surface area contributed by atoms with E-state index in [1.165, 1.54) is 0 Å². The van der Waals surface area contributed by atoms with Crippen molar-refractivity contribution in [3.63, 3.8) is 0 Å². The number of carboxylic acids is 1. The molecule has 2 saturated heterocycles. The first kappa shape index (κ1) is 16.1. The second kappa shape index (κ2) is 5.30. The highest BCUT2D eigenvalue weighted by molar-refractivity contribution is 6.03. The Bertz CT molecular complexity index is 796. The molecule has 25 heavy (non-hydrogen) atoms. The van der Waals surface area contributed by atoms with Gasteiger partial charge in [-0.05, 0) is 32.4 Å². The van der Waals surface area contributed by atoms with Crippen LogP contribution in [0.5, 0.6) is 0 Å². The van der Waals surface area contributed by atoms with Crippen LogP contribution in [0.25, 0.3) is 0 Å². The van der Waals surface area contributed by atoms with Crippen LogP contribution in [-0.4, -0.2) is 34.7 Å². The Kier molecular flexibility index (Phi) is 3.41. The average molecular weight is 339 g/mol. The lowest BCUT2D eigenvalue weighted by Gasteiger charge is -2.33. The number of anilines is 1. The minimum Gasteiger partial charge on any atom is -0.481 e. The number of fused-ring (bicyclic) bond motifs is 1. The quantitative estimate of drug-likeness (QED) is 0.857. The van der Waals surface area contributed by atoms with Gasteiger partial charge in [0.25, 0.3) is 0 Å². The molecule has 5 atom stereocenters. The van der Waals surface area contributed by atoms with E-state index in [1.54, 1.807) is 11.0 Å². The number of ether oxygens (including phenoxy) is 1. The zero-order chi connectivity index (χ0) is 17.9. The van der Waals surface area contributed by atoms with Crippen LogP contribution in [0.2, 0.25) is 0 Å². The molecule has 130 valence electrons. The Morgan fingerprint density at radius 1 is 1.36 bits per heavy atom. The standard InChI is InChI=1S/C20H21NO4/c1-11(2)10-15-20-9-8-14(25-20)16(19(23)24)17(20)18(22)21(15)13-6-4-12(3)5-7-13/h4-9,14-17H,1,10H2,2-3H3,(H,23,24)/t14-,15+,16+,17-,20+/m1/s1. The van der Waals surface area contributed by atoms with Crippen molar-refractivity contribution in [3.05, 3.63) is 54.1 Å². The summed E-state index contributed by atoms with van der Waals surface area (Å²) in [4.78, 5) is 26.8. The molecule has 5 heteroatoms. The molecule has 5 nitrogen and oxygen atoms in total. The summed E-state index contributed by atoms with van der Waals surface area (Å²) in [5.41, 5.74) is 1.93. The lowest BCUT2D eigenvalue weighted by molar-refractivity contribution is -0.146. The van der Waals surface area contributed by atoms with Crippen LogP contribution in [0, 0.1) is 18.8 Å². The van der Waals surface area contributed by atoms with Gasteiger partial charge < -0.3 is 14.7 Å². The smallest absolute Gasteiger partial charge is 0.310 e. The summed E-state index contributed by atoms with van der Waals surface area (Å²) in [6, 6.07) is 7.44. The SMILES string of the molecule is C=C(C)C[C@@H]1N(c2ccc(C)cc2)C(=O)[C@H]2[C@@H](C(=O)O)[C@H]3C=C[C@]12O3. The molecular formula is C20H21NO4. The number of hydrogen-bond donors (Lipinski definition) is 1. The van der Waals surface area contributed by atoms with Crippen molar-refractivity contribution in [1.82, 2.24) is 0 Å². The largest absolute Gasteiger partial charge is 0.481 e. The molecular weight excluding hydrogens is 318 g/mol. The van der Waals surface area contributed by atoms with Crippen molar-refractivity contribution in [1.29, 1.82) is 0 Å². The maximum Gasteiger partial charge on any atom is 0.310 e. The molecule has 1 N–H and O–H groups in total. The number of rotatable bonds is 4. The van der Waals surface area contributed by atoms with E-state index in [-0.39, 0.29) is 11.9 Å². The van der Waals surface area contributed by atoms with Gasteiger partial charge in [-0.1, -0.05) is 35.4 Å². The molecule has 0 saturated carbocycles. The van der Waals surface area contributed by atoms with Gasteiger partial charge in [-0.3, -0.25) is 9.59 Å². The van der Waals surface area contributed by atoms with E-state index in [9.17, 15) is 14.7 Å². The van der Waals surface area contributed by atoms with Crippen molar-refractivity contribution in [2.24, 2.45) is 11.8 Å². The number of aryl methyl sites for hydroxylation is 1. The molecule has 1 aromatic rings.